The molecule has 3 heteroatoms. The highest BCUT2D eigenvalue weighted by molar-refractivity contribution is 6.13. The molecule has 3 nitrogen and oxygen atoms in total. The largest absolute Gasteiger partial charge is 0.453 e. The van der Waals surface area contributed by atoms with E-state index in [4.69, 9.17) is 9.73 Å². The standard InChI is InChI=1S/C35H31NO2/c1-35(2,31-20-10-5-11-21-31)38-34(37)32(25-26-22-23-27-14-12-13-19-30(27)24-26)36-33(28-15-6-3-7-16-28)29-17-8-4-9-18-29/h3-24,32H,25H2,1-2H3/t32-/m1/s1. The van der Waals surface area contributed by atoms with Gasteiger partial charge in [-0.15, -0.1) is 0 Å². The number of ether oxygens (including phenoxy) is 1. The van der Waals surface area contributed by atoms with Crippen molar-refractivity contribution in [3.05, 3.63) is 156 Å². The van der Waals surface area contributed by atoms with Gasteiger partial charge >= 0.3 is 5.97 Å². The number of carbonyl (C=O) groups excluding carboxylic acids is 1. The molecule has 0 radical (unpaired) electrons. The number of fused-ring (bicyclic) bond motifs is 1. The molecule has 0 aliphatic carbocycles. The summed E-state index contributed by atoms with van der Waals surface area (Å²) in [5.41, 5.74) is 3.86. The van der Waals surface area contributed by atoms with Crippen molar-refractivity contribution in [3.63, 3.8) is 0 Å². The molecule has 0 saturated heterocycles. The van der Waals surface area contributed by atoms with Gasteiger partial charge in [-0.2, -0.15) is 0 Å². The summed E-state index contributed by atoms with van der Waals surface area (Å²) >= 11 is 0. The van der Waals surface area contributed by atoms with Gasteiger partial charge in [0.05, 0.1) is 5.71 Å². The van der Waals surface area contributed by atoms with Gasteiger partial charge in [-0.05, 0) is 35.7 Å². The number of hydrogen-bond acceptors (Lipinski definition) is 3. The van der Waals surface area contributed by atoms with Crippen molar-refractivity contribution in [2.24, 2.45) is 4.99 Å². The van der Waals surface area contributed by atoms with Crippen molar-refractivity contribution in [1.29, 1.82) is 0 Å². The third-order valence-corrected chi connectivity index (χ3v) is 6.72. The number of carbonyl (C=O) groups is 1. The number of esters is 1. The van der Waals surface area contributed by atoms with Gasteiger partial charge in [-0.3, -0.25) is 4.99 Å². The van der Waals surface area contributed by atoms with E-state index in [0.29, 0.717) is 6.42 Å². The average molecular weight is 498 g/mol. The fraction of sp³-hybridized carbons (Fsp3) is 0.143. The Bertz CT molecular complexity index is 1500. The smallest absolute Gasteiger partial charge is 0.332 e. The molecule has 0 aromatic heterocycles. The van der Waals surface area contributed by atoms with Crippen LogP contribution in [0.3, 0.4) is 0 Å². The lowest BCUT2D eigenvalue weighted by Gasteiger charge is -2.27. The second-order valence-electron chi connectivity index (χ2n) is 9.91. The number of benzene rings is 5. The molecule has 5 rings (SSSR count). The van der Waals surface area contributed by atoms with Crippen molar-refractivity contribution in [3.8, 4) is 0 Å². The van der Waals surface area contributed by atoms with Crippen LogP contribution in [0.2, 0.25) is 0 Å². The van der Waals surface area contributed by atoms with Crippen LogP contribution < -0.4 is 0 Å². The zero-order chi connectivity index (χ0) is 26.4. The number of hydrogen-bond donors (Lipinski definition) is 0. The fourth-order valence-electron chi connectivity index (χ4n) is 4.65. The summed E-state index contributed by atoms with van der Waals surface area (Å²) in [7, 11) is 0. The maximum atomic E-state index is 13.9. The van der Waals surface area contributed by atoms with Crippen LogP contribution in [-0.2, 0) is 21.6 Å². The van der Waals surface area contributed by atoms with E-state index in [2.05, 4.69) is 30.3 Å². The Morgan fingerprint density at radius 2 is 1.21 bits per heavy atom. The molecule has 0 amide bonds. The molecule has 0 unspecified atom stereocenters. The van der Waals surface area contributed by atoms with E-state index in [-0.39, 0.29) is 5.97 Å². The Kier molecular flexibility index (Phi) is 7.46. The van der Waals surface area contributed by atoms with Crippen molar-refractivity contribution in [1.82, 2.24) is 0 Å². The van der Waals surface area contributed by atoms with Crippen LogP contribution >= 0.6 is 0 Å². The fourth-order valence-corrected chi connectivity index (χ4v) is 4.65. The van der Waals surface area contributed by atoms with Gasteiger partial charge in [-0.25, -0.2) is 4.79 Å². The highest BCUT2D eigenvalue weighted by atomic mass is 16.6. The van der Waals surface area contributed by atoms with Crippen molar-refractivity contribution in [2.45, 2.75) is 31.9 Å². The summed E-state index contributed by atoms with van der Waals surface area (Å²) in [6, 6.07) is 43.7. The molecular formula is C35H31NO2. The maximum absolute atomic E-state index is 13.9. The monoisotopic (exact) mass is 497 g/mol. The highest BCUT2D eigenvalue weighted by Crippen LogP contribution is 2.27. The topological polar surface area (TPSA) is 38.7 Å². The lowest BCUT2D eigenvalue weighted by molar-refractivity contribution is -0.159. The number of rotatable bonds is 8. The van der Waals surface area contributed by atoms with E-state index in [0.717, 1.165) is 33.4 Å². The van der Waals surface area contributed by atoms with Crippen LogP contribution in [-0.4, -0.2) is 17.7 Å². The quantitative estimate of drug-likeness (QED) is 0.162. The Balaban J connectivity index is 1.56. The molecule has 5 aromatic carbocycles. The molecule has 0 heterocycles. The summed E-state index contributed by atoms with van der Waals surface area (Å²) in [5.74, 6) is -0.351. The maximum Gasteiger partial charge on any atom is 0.332 e. The first kappa shape index (κ1) is 25.2. The van der Waals surface area contributed by atoms with Gasteiger partial charge in [-0.1, -0.05) is 133 Å². The summed E-state index contributed by atoms with van der Waals surface area (Å²) in [5, 5.41) is 2.30. The van der Waals surface area contributed by atoms with Crippen LogP contribution in [0, 0.1) is 0 Å². The zero-order valence-corrected chi connectivity index (χ0v) is 21.7. The normalized spacial score (nSPS) is 12.1. The van der Waals surface area contributed by atoms with E-state index in [1.54, 1.807) is 0 Å². The minimum Gasteiger partial charge on any atom is -0.453 e. The molecule has 0 bridgehead atoms. The summed E-state index contributed by atoms with van der Waals surface area (Å²) < 4.78 is 6.17. The first-order chi connectivity index (χ1) is 18.5. The molecule has 188 valence electrons. The van der Waals surface area contributed by atoms with Gasteiger partial charge in [0.2, 0.25) is 0 Å². The van der Waals surface area contributed by atoms with E-state index >= 15 is 0 Å². The van der Waals surface area contributed by atoms with Crippen LogP contribution in [0.15, 0.2) is 138 Å². The molecule has 0 spiro atoms. The molecule has 38 heavy (non-hydrogen) atoms. The Labute approximate surface area is 224 Å². The van der Waals surface area contributed by atoms with Crippen LogP contribution in [0.1, 0.15) is 36.1 Å². The molecule has 5 aromatic rings. The van der Waals surface area contributed by atoms with Crippen molar-refractivity contribution in [2.75, 3.05) is 0 Å². The third kappa shape index (κ3) is 5.90. The molecule has 1 atom stereocenters. The van der Waals surface area contributed by atoms with Gasteiger partial charge in [0.1, 0.15) is 5.60 Å². The van der Waals surface area contributed by atoms with E-state index in [1.165, 1.54) is 5.39 Å². The van der Waals surface area contributed by atoms with E-state index < -0.39 is 11.6 Å². The second kappa shape index (κ2) is 11.3. The average Bonchev–Trinajstić information content (AvgIpc) is 2.96. The summed E-state index contributed by atoms with van der Waals surface area (Å²) in [6.07, 6.45) is 0.428. The summed E-state index contributed by atoms with van der Waals surface area (Å²) in [4.78, 5) is 19.0. The second-order valence-corrected chi connectivity index (χ2v) is 9.91. The Morgan fingerprint density at radius 3 is 1.82 bits per heavy atom. The first-order valence-electron chi connectivity index (χ1n) is 12.9. The van der Waals surface area contributed by atoms with Crippen LogP contribution in [0.4, 0.5) is 0 Å². The molecule has 0 aliphatic heterocycles. The third-order valence-electron chi connectivity index (χ3n) is 6.72. The molecular weight excluding hydrogens is 466 g/mol. The highest BCUT2D eigenvalue weighted by Gasteiger charge is 2.30. The minimum atomic E-state index is -0.796. The molecule has 0 saturated carbocycles. The first-order valence-corrected chi connectivity index (χ1v) is 12.9. The SMILES string of the molecule is CC(C)(OC(=O)[C@@H](Cc1ccc2ccccc2c1)N=C(c1ccccc1)c1ccccc1)c1ccccc1. The van der Waals surface area contributed by atoms with Gasteiger partial charge in [0.15, 0.2) is 6.04 Å². The predicted molar refractivity (Wildman–Crippen MR) is 156 cm³/mol. The Hall–Kier alpha value is -4.50. The van der Waals surface area contributed by atoms with Crippen LogP contribution in [0.25, 0.3) is 10.8 Å². The van der Waals surface area contributed by atoms with E-state index in [9.17, 15) is 4.79 Å². The number of nitrogens with zero attached hydrogens (tertiary/aromatic N) is 1. The lowest BCUT2D eigenvalue weighted by Crippen LogP contribution is -2.33. The predicted octanol–water partition coefficient (Wildman–Crippen LogP) is 7.77. The van der Waals surface area contributed by atoms with Gasteiger partial charge in [0.25, 0.3) is 0 Å². The van der Waals surface area contributed by atoms with Gasteiger partial charge < -0.3 is 4.74 Å². The molecule has 0 aliphatic rings. The van der Waals surface area contributed by atoms with Crippen LogP contribution in [0.5, 0.6) is 0 Å². The molecule has 0 fully saturated rings. The molecule has 0 N–H and O–H groups in total. The van der Waals surface area contributed by atoms with E-state index in [1.807, 2.05) is 117 Å². The lowest BCUT2D eigenvalue weighted by atomic mass is 9.97. The van der Waals surface area contributed by atoms with Crippen molar-refractivity contribution >= 4 is 22.5 Å². The summed E-state index contributed by atoms with van der Waals surface area (Å²) in [6.45, 7) is 3.85. The van der Waals surface area contributed by atoms with Crippen molar-refractivity contribution < 1.29 is 9.53 Å². The Morgan fingerprint density at radius 1 is 0.684 bits per heavy atom. The number of aliphatic imine (C=N–C) groups is 1. The zero-order valence-electron chi connectivity index (χ0n) is 21.7. The minimum absolute atomic E-state index is 0.351. The van der Waals surface area contributed by atoms with Gasteiger partial charge in [0, 0.05) is 17.5 Å².